The van der Waals surface area contributed by atoms with Crippen molar-refractivity contribution in [2.45, 2.75) is 13.8 Å². The van der Waals surface area contributed by atoms with E-state index in [9.17, 15) is 5.11 Å². The highest BCUT2D eigenvalue weighted by atomic mass is 16.3. The van der Waals surface area contributed by atoms with Crippen molar-refractivity contribution in [1.82, 2.24) is 4.98 Å². The maximum Gasteiger partial charge on any atom is 0.145 e. The molecule has 0 aliphatic heterocycles. The first kappa shape index (κ1) is 14.0. The van der Waals surface area contributed by atoms with Gasteiger partial charge in [0.25, 0.3) is 0 Å². The average molecular weight is 270 g/mol. The topological polar surface area (TPSA) is 61.1 Å². The van der Waals surface area contributed by atoms with Crippen LogP contribution in [0.3, 0.4) is 0 Å². The fraction of sp³-hybridized carbons (Fsp3) is 0.267. The summed E-state index contributed by atoms with van der Waals surface area (Å²) >= 11 is 0. The van der Waals surface area contributed by atoms with E-state index in [1.165, 1.54) is 0 Å². The van der Waals surface area contributed by atoms with E-state index in [1.807, 2.05) is 6.07 Å². The molecule has 0 bridgehead atoms. The molecule has 0 amide bonds. The second-order valence-corrected chi connectivity index (χ2v) is 4.26. The minimum absolute atomic E-state index is 0.127. The Morgan fingerprint density at radius 3 is 2.55 bits per heavy atom. The van der Waals surface area contributed by atoms with Crippen molar-refractivity contribution in [1.29, 1.82) is 0 Å². The second-order valence-electron chi connectivity index (χ2n) is 4.26. The zero-order valence-electron chi connectivity index (χ0n) is 11.7. The van der Waals surface area contributed by atoms with Crippen molar-refractivity contribution in [3.8, 4) is 5.75 Å². The summed E-state index contributed by atoms with van der Waals surface area (Å²) in [5.41, 5.74) is 2.08. The van der Waals surface area contributed by atoms with Crippen LogP contribution in [0.25, 0.3) is 0 Å². The molecule has 0 fully saturated rings. The van der Waals surface area contributed by atoms with Gasteiger partial charge in [-0.25, -0.2) is 0 Å². The number of aromatic nitrogens is 1. The lowest BCUT2D eigenvalue weighted by molar-refractivity contribution is 0.476. The van der Waals surface area contributed by atoms with Gasteiger partial charge in [-0.2, -0.15) is 0 Å². The highest BCUT2D eigenvalue weighted by Crippen LogP contribution is 2.32. The zero-order valence-corrected chi connectivity index (χ0v) is 11.7. The number of azo groups is 1. The minimum atomic E-state index is 0.127. The number of anilines is 1. The van der Waals surface area contributed by atoms with Crippen LogP contribution in [0.15, 0.2) is 53.0 Å². The normalized spacial score (nSPS) is 10.9. The summed E-state index contributed by atoms with van der Waals surface area (Å²) in [4.78, 5) is 6.11. The van der Waals surface area contributed by atoms with Crippen LogP contribution in [0.2, 0.25) is 0 Å². The van der Waals surface area contributed by atoms with Gasteiger partial charge in [0.15, 0.2) is 0 Å². The quantitative estimate of drug-likeness (QED) is 0.834. The molecule has 20 heavy (non-hydrogen) atoms. The summed E-state index contributed by atoms with van der Waals surface area (Å²) in [5, 5.41) is 18.1. The molecule has 0 aliphatic carbocycles. The smallest absolute Gasteiger partial charge is 0.145 e. The van der Waals surface area contributed by atoms with Crippen molar-refractivity contribution in [2.24, 2.45) is 10.2 Å². The second kappa shape index (κ2) is 6.65. The van der Waals surface area contributed by atoms with Gasteiger partial charge in [-0.05, 0) is 38.1 Å². The van der Waals surface area contributed by atoms with Gasteiger partial charge < -0.3 is 10.0 Å². The van der Waals surface area contributed by atoms with Crippen LogP contribution in [0.1, 0.15) is 13.8 Å². The van der Waals surface area contributed by atoms with Gasteiger partial charge in [0.2, 0.25) is 0 Å². The predicted octanol–water partition coefficient (Wildman–Crippen LogP) is 4.05. The van der Waals surface area contributed by atoms with Crippen LogP contribution in [-0.4, -0.2) is 23.2 Å². The first-order valence-electron chi connectivity index (χ1n) is 6.64. The lowest BCUT2D eigenvalue weighted by Crippen LogP contribution is -2.21. The Morgan fingerprint density at radius 2 is 1.95 bits per heavy atom. The number of hydrogen-bond acceptors (Lipinski definition) is 5. The molecule has 0 saturated carbocycles. The Kier molecular flexibility index (Phi) is 4.65. The third-order valence-corrected chi connectivity index (χ3v) is 3.01. The third kappa shape index (κ3) is 3.32. The largest absolute Gasteiger partial charge is 0.506 e. The molecule has 1 aromatic heterocycles. The van der Waals surface area contributed by atoms with Crippen LogP contribution < -0.4 is 4.90 Å². The first-order chi connectivity index (χ1) is 9.74. The predicted molar refractivity (Wildman–Crippen MR) is 80.1 cm³/mol. The molecular weight excluding hydrogens is 252 g/mol. The zero-order chi connectivity index (χ0) is 14.4. The Balaban J connectivity index is 2.20. The molecular formula is C15H18N4O. The van der Waals surface area contributed by atoms with E-state index in [4.69, 9.17) is 0 Å². The van der Waals surface area contributed by atoms with E-state index in [0.29, 0.717) is 11.4 Å². The van der Waals surface area contributed by atoms with Gasteiger partial charge >= 0.3 is 0 Å². The van der Waals surface area contributed by atoms with Crippen LogP contribution >= 0.6 is 0 Å². The highest BCUT2D eigenvalue weighted by molar-refractivity contribution is 5.61. The van der Waals surface area contributed by atoms with Crippen molar-refractivity contribution >= 4 is 17.1 Å². The fourth-order valence-corrected chi connectivity index (χ4v) is 1.91. The molecule has 104 valence electrons. The van der Waals surface area contributed by atoms with Gasteiger partial charge in [0.1, 0.15) is 17.1 Å². The van der Waals surface area contributed by atoms with E-state index in [1.54, 1.807) is 36.7 Å². The van der Waals surface area contributed by atoms with Crippen LogP contribution in [0.4, 0.5) is 17.1 Å². The standard InChI is InChI=1S/C15H18N4O/c1-3-19(4-2)13-7-8-14(15(20)10-13)18-17-12-6-5-9-16-11-12/h5-11,20H,3-4H2,1-2H3/b18-17+. The molecule has 0 unspecified atom stereocenters. The van der Waals surface area contributed by atoms with Gasteiger partial charge in [-0.3, -0.25) is 4.98 Å². The van der Waals surface area contributed by atoms with E-state index >= 15 is 0 Å². The summed E-state index contributed by atoms with van der Waals surface area (Å²) in [7, 11) is 0. The summed E-state index contributed by atoms with van der Waals surface area (Å²) < 4.78 is 0. The maximum atomic E-state index is 10.0. The van der Waals surface area contributed by atoms with Gasteiger partial charge in [-0.15, -0.1) is 10.2 Å². The van der Waals surface area contributed by atoms with Gasteiger partial charge in [-0.1, -0.05) is 0 Å². The summed E-state index contributed by atoms with van der Waals surface area (Å²) in [6.45, 7) is 5.95. The first-order valence-corrected chi connectivity index (χ1v) is 6.64. The molecule has 0 aliphatic rings. The van der Waals surface area contributed by atoms with Crippen LogP contribution in [-0.2, 0) is 0 Å². The van der Waals surface area contributed by atoms with Crippen LogP contribution in [0.5, 0.6) is 5.75 Å². The van der Waals surface area contributed by atoms with Crippen LogP contribution in [0, 0.1) is 0 Å². The Labute approximate surface area is 118 Å². The summed E-state index contributed by atoms with van der Waals surface area (Å²) in [6, 6.07) is 9.01. The molecule has 5 nitrogen and oxygen atoms in total. The van der Waals surface area contributed by atoms with E-state index < -0.39 is 0 Å². The number of nitrogens with zero attached hydrogens (tertiary/aromatic N) is 4. The van der Waals surface area contributed by atoms with Crippen molar-refractivity contribution in [2.75, 3.05) is 18.0 Å². The molecule has 0 saturated heterocycles. The average Bonchev–Trinajstić information content (AvgIpc) is 2.49. The Hall–Kier alpha value is -2.43. The monoisotopic (exact) mass is 270 g/mol. The molecule has 2 rings (SSSR count). The number of pyridine rings is 1. The summed E-state index contributed by atoms with van der Waals surface area (Å²) in [6.07, 6.45) is 3.29. The van der Waals surface area contributed by atoms with Crippen molar-refractivity contribution < 1.29 is 5.11 Å². The van der Waals surface area contributed by atoms with E-state index in [2.05, 4.69) is 34.0 Å². The fourth-order valence-electron chi connectivity index (χ4n) is 1.91. The number of rotatable bonds is 5. The molecule has 5 heteroatoms. The molecule has 0 atom stereocenters. The molecule has 2 aromatic rings. The third-order valence-electron chi connectivity index (χ3n) is 3.01. The number of aromatic hydroxyl groups is 1. The highest BCUT2D eigenvalue weighted by Gasteiger charge is 2.06. The SMILES string of the molecule is CCN(CC)c1ccc(/N=N/c2cccnc2)c(O)c1. The summed E-state index contributed by atoms with van der Waals surface area (Å²) in [5.74, 6) is 0.127. The maximum absolute atomic E-state index is 10.0. The van der Waals surface area contributed by atoms with Gasteiger partial charge in [0.05, 0.1) is 6.20 Å². The van der Waals surface area contributed by atoms with E-state index in [0.717, 1.165) is 18.8 Å². The molecule has 0 radical (unpaired) electrons. The number of benzene rings is 1. The molecule has 1 aromatic carbocycles. The number of hydrogen-bond donors (Lipinski definition) is 1. The van der Waals surface area contributed by atoms with E-state index in [-0.39, 0.29) is 5.75 Å². The minimum Gasteiger partial charge on any atom is -0.506 e. The lowest BCUT2D eigenvalue weighted by Gasteiger charge is -2.21. The Morgan fingerprint density at radius 1 is 1.15 bits per heavy atom. The Bertz CT molecular complexity index is 580. The lowest BCUT2D eigenvalue weighted by atomic mass is 10.2. The van der Waals surface area contributed by atoms with Crippen molar-refractivity contribution in [3.63, 3.8) is 0 Å². The van der Waals surface area contributed by atoms with Gasteiger partial charge in [0, 0.05) is 31.0 Å². The molecule has 1 heterocycles. The number of phenols is 1. The molecule has 1 N–H and O–H groups in total. The van der Waals surface area contributed by atoms with Crippen molar-refractivity contribution in [3.05, 3.63) is 42.7 Å². The number of phenolic OH excluding ortho intramolecular Hbond substituents is 1. The molecule has 0 spiro atoms.